The molecule has 1 heterocycles. The molecule has 2 rings (SSSR count). The fourth-order valence-electron chi connectivity index (χ4n) is 2.62. The summed E-state index contributed by atoms with van der Waals surface area (Å²) >= 11 is 0. The fraction of sp³-hybridized carbons (Fsp3) is 0.571. The summed E-state index contributed by atoms with van der Waals surface area (Å²) in [5.74, 6) is 0.476. The summed E-state index contributed by atoms with van der Waals surface area (Å²) in [6, 6.07) is 6.40. The average molecular weight is 298 g/mol. The first-order valence-corrected chi connectivity index (χ1v) is 8.64. The van der Waals surface area contributed by atoms with Crippen LogP contribution in [0.2, 0.25) is 0 Å². The van der Waals surface area contributed by atoms with Crippen LogP contribution in [0.3, 0.4) is 0 Å². The summed E-state index contributed by atoms with van der Waals surface area (Å²) in [5.41, 5.74) is 0.529. The van der Waals surface area contributed by atoms with Crippen LogP contribution in [0.25, 0.3) is 0 Å². The van der Waals surface area contributed by atoms with E-state index in [4.69, 9.17) is 0 Å². The maximum atomic E-state index is 12.6. The Hall–Kier alpha value is -1.27. The summed E-state index contributed by atoms with van der Waals surface area (Å²) < 4.78 is 26.5. The zero-order valence-electron chi connectivity index (χ0n) is 11.7. The molecule has 1 aromatic rings. The van der Waals surface area contributed by atoms with E-state index in [1.807, 2.05) is 6.92 Å². The molecule has 0 aliphatic carbocycles. The third-order valence-electron chi connectivity index (χ3n) is 3.65. The number of nitrogens with zero attached hydrogens (tertiary/aromatic N) is 1. The van der Waals surface area contributed by atoms with Gasteiger partial charge in [-0.05, 0) is 50.9 Å². The number of phenols is 1. The number of hydrogen-bond donors (Lipinski definition) is 2. The van der Waals surface area contributed by atoms with Gasteiger partial charge in [0, 0.05) is 12.6 Å². The largest absolute Gasteiger partial charge is 0.508 e. The van der Waals surface area contributed by atoms with Gasteiger partial charge in [0.2, 0.25) is 10.0 Å². The molecule has 5 nitrogen and oxygen atoms in total. The lowest BCUT2D eigenvalue weighted by Crippen LogP contribution is -2.38. The normalized spacial score (nSPS) is 17.1. The standard InChI is InChI=1S/C14H22N2O3S/c1-2-16(13-4-3-5-14(17)10-13)20(18,19)11-12-6-8-15-9-7-12/h3-5,10,12,15,17H,2,6-9,11H2,1H3. The molecule has 0 aromatic heterocycles. The molecule has 1 fully saturated rings. The number of phenolic OH excluding ortho intramolecular Hbond substituents is 1. The van der Waals surface area contributed by atoms with Crippen LogP contribution in [0.15, 0.2) is 24.3 Å². The molecule has 20 heavy (non-hydrogen) atoms. The molecule has 0 atom stereocenters. The Kier molecular flexibility index (Phi) is 4.88. The summed E-state index contributed by atoms with van der Waals surface area (Å²) in [6.07, 6.45) is 1.80. The molecule has 1 aromatic carbocycles. The third-order valence-corrected chi connectivity index (χ3v) is 5.68. The van der Waals surface area contributed by atoms with Crippen molar-refractivity contribution < 1.29 is 13.5 Å². The van der Waals surface area contributed by atoms with Gasteiger partial charge < -0.3 is 10.4 Å². The highest BCUT2D eigenvalue weighted by atomic mass is 32.2. The van der Waals surface area contributed by atoms with Crippen molar-refractivity contribution in [2.75, 3.05) is 29.7 Å². The van der Waals surface area contributed by atoms with Gasteiger partial charge in [0.15, 0.2) is 0 Å². The fourth-order valence-corrected chi connectivity index (χ4v) is 4.56. The van der Waals surface area contributed by atoms with E-state index < -0.39 is 10.0 Å². The van der Waals surface area contributed by atoms with Crippen LogP contribution in [0, 0.1) is 5.92 Å². The highest BCUT2D eigenvalue weighted by molar-refractivity contribution is 7.92. The highest BCUT2D eigenvalue weighted by Crippen LogP contribution is 2.25. The molecular formula is C14H22N2O3S. The Balaban J connectivity index is 2.16. The van der Waals surface area contributed by atoms with Crippen molar-refractivity contribution in [1.29, 1.82) is 0 Å². The molecule has 0 bridgehead atoms. The summed E-state index contributed by atoms with van der Waals surface area (Å²) in [6.45, 7) is 3.96. The molecule has 112 valence electrons. The number of piperidine rings is 1. The highest BCUT2D eigenvalue weighted by Gasteiger charge is 2.26. The molecule has 2 N–H and O–H groups in total. The number of nitrogens with one attached hydrogen (secondary N) is 1. The van der Waals surface area contributed by atoms with Crippen LogP contribution >= 0.6 is 0 Å². The number of hydrogen-bond acceptors (Lipinski definition) is 4. The molecular weight excluding hydrogens is 276 g/mol. The second kappa shape index (κ2) is 6.45. The Morgan fingerprint density at radius 2 is 2.05 bits per heavy atom. The van der Waals surface area contributed by atoms with Crippen LogP contribution in [-0.4, -0.2) is 38.9 Å². The molecule has 0 saturated carbocycles. The molecule has 1 saturated heterocycles. The number of sulfonamides is 1. The van der Waals surface area contributed by atoms with Crippen LogP contribution < -0.4 is 9.62 Å². The average Bonchev–Trinajstić information content (AvgIpc) is 2.39. The van der Waals surface area contributed by atoms with Crippen LogP contribution in [0.4, 0.5) is 5.69 Å². The van der Waals surface area contributed by atoms with E-state index in [-0.39, 0.29) is 17.4 Å². The van der Waals surface area contributed by atoms with Crippen molar-refractivity contribution >= 4 is 15.7 Å². The van der Waals surface area contributed by atoms with Gasteiger partial charge in [0.25, 0.3) is 0 Å². The minimum atomic E-state index is -3.35. The lowest BCUT2D eigenvalue weighted by atomic mass is 10.0. The SMILES string of the molecule is CCN(c1cccc(O)c1)S(=O)(=O)CC1CCNCC1. The predicted octanol–water partition coefficient (Wildman–Crippen LogP) is 1.55. The Morgan fingerprint density at radius 3 is 2.65 bits per heavy atom. The van der Waals surface area contributed by atoms with Gasteiger partial charge in [-0.3, -0.25) is 4.31 Å². The quantitative estimate of drug-likeness (QED) is 0.865. The van der Waals surface area contributed by atoms with Gasteiger partial charge in [0.1, 0.15) is 5.75 Å². The zero-order chi connectivity index (χ0) is 14.6. The van der Waals surface area contributed by atoms with Crippen LogP contribution in [0.1, 0.15) is 19.8 Å². The number of rotatable bonds is 5. The predicted molar refractivity (Wildman–Crippen MR) is 80.5 cm³/mol. The van der Waals surface area contributed by atoms with Crippen LogP contribution in [0.5, 0.6) is 5.75 Å². The minimum Gasteiger partial charge on any atom is -0.508 e. The van der Waals surface area contributed by atoms with E-state index in [9.17, 15) is 13.5 Å². The van der Waals surface area contributed by atoms with Gasteiger partial charge in [-0.25, -0.2) is 8.42 Å². The lowest BCUT2D eigenvalue weighted by molar-refractivity contribution is 0.401. The summed E-state index contributed by atoms with van der Waals surface area (Å²) in [7, 11) is -3.35. The van der Waals surface area contributed by atoms with Crippen molar-refractivity contribution in [1.82, 2.24) is 5.32 Å². The van der Waals surface area contributed by atoms with E-state index in [1.54, 1.807) is 12.1 Å². The van der Waals surface area contributed by atoms with Crippen LogP contribution in [-0.2, 0) is 10.0 Å². The first-order chi connectivity index (χ1) is 9.53. The van der Waals surface area contributed by atoms with Crippen molar-refractivity contribution in [2.45, 2.75) is 19.8 Å². The van der Waals surface area contributed by atoms with Crippen molar-refractivity contribution in [3.63, 3.8) is 0 Å². The maximum Gasteiger partial charge on any atom is 0.235 e. The molecule has 6 heteroatoms. The topological polar surface area (TPSA) is 69.6 Å². The molecule has 1 aliphatic heterocycles. The Morgan fingerprint density at radius 1 is 1.35 bits per heavy atom. The third kappa shape index (κ3) is 3.64. The molecule has 0 spiro atoms. The van der Waals surface area contributed by atoms with Crippen molar-refractivity contribution in [2.24, 2.45) is 5.92 Å². The van der Waals surface area contributed by atoms with E-state index in [0.717, 1.165) is 25.9 Å². The van der Waals surface area contributed by atoms with Crippen molar-refractivity contribution in [3.8, 4) is 5.75 Å². The zero-order valence-corrected chi connectivity index (χ0v) is 12.6. The maximum absolute atomic E-state index is 12.6. The Labute approximate surface area is 120 Å². The molecule has 0 radical (unpaired) electrons. The Bertz CT molecular complexity index is 539. The summed E-state index contributed by atoms with van der Waals surface area (Å²) in [4.78, 5) is 0. The van der Waals surface area contributed by atoms with E-state index in [1.165, 1.54) is 16.4 Å². The molecule has 0 amide bonds. The summed E-state index contributed by atoms with van der Waals surface area (Å²) in [5, 5.41) is 12.8. The van der Waals surface area contributed by atoms with E-state index in [0.29, 0.717) is 12.2 Å². The second-order valence-corrected chi connectivity index (χ2v) is 7.09. The minimum absolute atomic E-state index is 0.0815. The van der Waals surface area contributed by atoms with E-state index in [2.05, 4.69) is 5.32 Å². The van der Waals surface area contributed by atoms with Gasteiger partial charge in [-0.1, -0.05) is 6.07 Å². The van der Waals surface area contributed by atoms with Gasteiger partial charge in [-0.15, -0.1) is 0 Å². The monoisotopic (exact) mass is 298 g/mol. The van der Waals surface area contributed by atoms with Gasteiger partial charge in [0.05, 0.1) is 11.4 Å². The van der Waals surface area contributed by atoms with Crippen molar-refractivity contribution in [3.05, 3.63) is 24.3 Å². The number of anilines is 1. The number of benzene rings is 1. The first kappa shape index (κ1) is 15.1. The molecule has 0 unspecified atom stereocenters. The van der Waals surface area contributed by atoms with Gasteiger partial charge >= 0.3 is 0 Å². The molecule has 1 aliphatic rings. The lowest BCUT2D eigenvalue weighted by Gasteiger charge is -2.28. The smallest absolute Gasteiger partial charge is 0.235 e. The van der Waals surface area contributed by atoms with Gasteiger partial charge in [-0.2, -0.15) is 0 Å². The van der Waals surface area contributed by atoms with E-state index >= 15 is 0 Å². The first-order valence-electron chi connectivity index (χ1n) is 7.03. The second-order valence-electron chi connectivity index (χ2n) is 5.16. The number of aromatic hydroxyl groups is 1.